The van der Waals surface area contributed by atoms with Gasteiger partial charge in [0.1, 0.15) is 11.6 Å². The van der Waals surface area contributed by atoms with E-state index in [1.807, 2.05) is 6.92 Å². The van der Waals surface area contributed by atoms with Crippen LogP contribution < -0.4 is 5.56 Å². The normalized spacial score (nSPS) is 19.8. The summed E-state index contributed by atoms with van der Waals surface area (Å²) in [6, 6.07) is 3.02. The number of likely N-dealkylation sites (tertiary alicyclic amines) is 1. The maximum Gasteiger partial charge on any atom is 0.261 e. The summed E-state index contributed by atoms with van der Waals surface area (Å²) in [6.07, 6.45) is 4.39. The van der Waals surface area contributed by atoms with E-state index in [1.54, 1.807) is 10.6 Å². The molecule has 142 valence electrons. The Hall–Kier alpha value is -1.27. The Morgan fingerprint density at radius 2 is 2.15 bits per heavy atom. The maximum absolute atomic E-state index is 14.0. The highest BCUT2D eigenvalue weighted by Crippen LogP contribution is 2.30. The number of fused-ring (bicyclic) bond motifs is 1. The fourth-order valence-corrected chi connectivity index (χ4v) is 4.39. The maximum atomic E-state index is 14.0. The molecule has 1 aliphatic rings. The van der Waals surface area contributed by atoms with Crippen LogP contribution in [0.3, 0.4) is 0 Å². The van der Waals surface area contributed by atoms with Crippen LogP contribution in [0, 0.1) is 11.7 Å². The van der Waals surface area contributed by atoms with Crippen LogP contribution >= 0.6 is 15.9 Å². The molecule has 1 fully saturated rings. The Kier molecular flexibility index (Phi) is 6.13. The summed E-state index contributed by atoms with van der Waals surface area (Å²) in [5, 5.41) is 0.464. The van der Waals surface area contributed by atoms with Gasteiger partial charge in [0, 0.05) is 19.2 Å². The van der Waals surface area contributed by atoms with Crippen molar-refractivity contribution in [3.05, 3.63) is 38.6 Å². The molecule has 0 N–H and O–H groups in total. The summed E-state index contributed by atoms with van der Waals surface area (Å²) >= 11 is 3.18. The summed E-state index contributed by atoms with van der Waals surface area (Å²) in [6.45, 7) is 9.03. The van der Waals surface area contributed by atoms with E-state index >= 15 is 0 Å². The topological polar surface area (TPSA) is 38.1 Å². The first-order valence-electron chi connectivity index (χ1n) is 9.59. The number of rotatable bonds is 5. The Labute approximate surface area is 162 Å². The first-order chi connectivity index (χ1) is 12.5. The zero-order valence-electron chi connectivity index (χ0n) is 15.8. The number of nitrogens with zero attached hydrogens (tertiary/aromatic N) is 3. The summed E-state index contributed by atoms with van der Waals surface area (Å²) in [7, 11) is 0. The van der Waals surface area contributed by atoms with E-state index in [-0.39, 0.29) is 17.4 Å². The molecule has 2 aromatic rings. The van der Waals surface area contributed by atoms with E-state index in [4.69, 9.17) is 4.98 Å². The molecule has 1 aromatic heterocycles. The highest BCUT2D eigenvalue weighted by Gasteiger charge is 2.28. The van der Waals surface area contributed by atoms with Crippen molar-refractivity contribution in [2.75, 3.05) is 13.1 Å². The van der Waals surface area contributed by atoms with Gasteiger partial charge in [-0.2, -0.15) is 0 Å². The molecule has 3 rings (SSSR count). The molecule has 2 heterocycles. The van der Waals surface area contributed by atoms with E-state index < -0.39 is 0 Å². The number of piperidine rings is 1. The Morgan fingerprint density at radius 1 is 1.38 bits per heavy atom. The monoisotopic (exact) mass is 423 g/mol. The molecule has 0 amide bonds. The van der Waals surface area contributed by atoms with Gasteiger partial charge >= 0.3 is 0 Å². The zero-order valence-corrected chi connectivity index (χ0v) is 17.4. The Morgan fingerprint density at radius 3 is 2.81 bits per heavy atom. The van der Waals surface area contributed by atoms with E-state index in [1.165, 1.54) is 18.9 Å². The van der Waals surface area contributed by atoms with Crippen molar-refractivity contribution in [3.63, 3.8) is 0 Å². The number of hydrogen-bond acceptors (Lipinski definition) is 3. The number of benzene rings is 1. The third-order valence-corrected chi connectivity index (χ3v) is 5.94. The van der Waals surface area contributed by atoms with Gasteiger partial charge in [-0.15, -0.1) is 0 Å². The van der Waals surface area contributed by atoms with Gasteiger partial charge in [0.05, 0.1) is 21.4 Å². The smallest absolute Gasteiger partial charge is 0.261 e. The lowest BCUT2D eigenvalue weighted by Crippen LogP contribution is -2.40. The quantitative estimate of drug-likeness (QED) is 0.686. The van der Waals surface area contributed by atoms with Crippen LogP contribution in [-0.2, 0) is 6.54 Å². The molecule has 0 radical (unpaired) electrons. The second kappa shape index (κ2) is 8.17. The molecule has 1 saturated heterocycles. The number of hydrogen-bond donors (Lipinski definition) is 0. The van der Waals surface area contributed by atoms with Crippen LogP contribution in [0.1, 0.15) is 58.3 Å². The molecule has 26 heavy (non-hydrogen) atoms. The van der Waals surface area contributed by atoms with Crippen LogP contribution in [-0.4, -0.2) is 27.5 Å². The van der Waals surface area contributed by atoms with Crippen LogP contribution in [0.4, 0.5) is 4.39 Å². The van der Waals surface area contributed by atoms with Crippen LogP contribution in [0.5, 0.6) is 0 Å². The average molecular weight is 424 g/mol. The summed E-state index contributed by atoms with van der Waals surface area (Å²) in [5.74, 6) is 1.05. The third-order valence-electron chi connectivity index (χ3n) is 5.33. The van der Waals surface area contributed by atoms with Gasteiger partial charge in [0.15, 0.2) is 0 Å². The van der Waals surface area contributed by atoms with Crippen molar-refractivity contribution >= 4 is 26.8 Å². The fraction of sp³-hybridized carbons (Fsp3) is 0.600. The Balaban J connectivity index is 2.16. The minimum Gasteiger partial charge on any atom is -0.295 e. The minimum absolute atomic E-state index is 0.0839. The average Bonchev–Trinajstić information content (AvgIpc) is 2.61. The molecular formula is C20H27BrFN3O. The van der Waals surface area contributed by atoms with Crippen LogP contribution in [0.25, 0.3) is 10.9 Å². The standard InChI is InChI=1S/C20H27BrFN3O/c1-4-7-18(24-9-6-8-13(3)12-24)19-23-17-11-16(22)15(21)10-14(17)20(26)25(19)5-2/h10-11,13,18H,4-9,12H2,1-3H3/t13-,18-/m0/s1. The Bertz CT molecular complexity index is 851. The second-order valence-corrected chi connectivity index (χ2v) is 8.20. The molecule has 6 heteroatoms. The summed E-state index contributed by atoms with van der Waals surface area (Å²) in [4.78, 5) is 20.3. The van der Waals surface area contributed by atoms with Crippen molar-refractivity contribution in [2.45, 2.75) is 59.0 Å². The van der Waals surface area contributed by atoms with Crippen LogP contribution in [0.15, 0.2) is 21.4 Å². The van der Waals surface area contributed by atoms with E-state index in [0.717, 1.165) is 31.8 Å². The molecule has 0 unspecified atom stereocenters. The third kappa shape index (κ3) is 3.72. The molecule has 0 saturated carbocycles. The van der Waals surface area contributed by atoms with Gasteiger partial charge in [0.25, 0.3) is 5.56 Å². The van der Waals surface area contributed by atoms with Crippen molar-refractivity contribution in [2.24, 2.45) is 5.92 Å². The molecular weight excluding hydrogens is 397 g/mol. The second-order valence-electron chi connectivity index (χ2n) is 7.35. The van der Waals surface area contributed by atoms with Crippen molar-refractivity contribution in [3.8, 4) is 0 Å². The van der Waals surface area contributed by atoms with Crippen molar-refractivity contribution < 1.29 is 4.39 Å². The van der Waals surface area contributed by atoms with E-state index in [2.05, 4.69) is 34.7 Å². The van der Waals surface area contributed by atoms with Gasteiger partial charge in [0.2, 0.25) is 0 Å². The van der Waals surface area contributed by atoms with Crippen molar-refractivity contribution in [1.82, 2.24) is 14.5 Å². The molecule has 2 atom stereocenters. The predicted octanol–water partition coefficient (Wildman–Crippen LogP) is 4.89. The lowest BCUT2D eigenvalue weighted by atomic mass is 9.97. The van der Waals surface area contributed by atoms with Gasteiger partial charge in [-0.3, -0.25) is 14.3 Å². The summed E-state index contributed by atoms with van der Waals surface area (Å²) in [5.41, 5.74) is 0.362. The lowest BCUT2D eigenvalue weighted by molar-refractivity contribution is 0.115. The van der Waals surface area contributed by atoms with Gasteiger partial charge in [-0.05, 0) is 60.6 Å². The van der Waals surface area contributed by atoms with Gasteiger partial charge in [-0.1, -0.05) is 20.3 Å². The SMILES string of the molecule is CCC[C@@H](c1nc2cc(F)c(Br)cc2c(=O)n1CC)N1CCC[C@H](C)C1. The first-order valence-corrected chi connectivity index (χ1v) is 10.4. The van der Waals surface area contributed by atoms with E-state index in [0.29, 0.717) is 27.8 Å². The molecule has 0 spiro atoms. The number of aromatic nitrogens is 2. The van der Waals surface area contributed by atoms with Gasteiger partial charge in [-0.25, -0.2) is 9.37 Å². The molecule has 1 aliphatic heterocycles. The van der Waals surface area contributed by atoms with E-state index in [9.17, 15) is 9.18 Å². The summed E-state index contributed by atoms with van der Waals surface area (Å²) < 4.78 is 16.1. The zero-order chi connectivity index (χ0) is 18.8. The highest BCUT2D eigenvalue weighted by molar-refractivity contribution is 9.10. The molecule has 4 nitrogen and oxygen atoms in total. The number of halogens is 2. The molecule has 1 aromatic carbocycles. The highest BCUT2D eigenvalue weighted by atomic mass is 79.9. The van der Waals surface area contributed by atoms with Crippen molar-refractivity contribution in [1.29, 1.82) is 0 Å². The largest absolute Gasteiger partial charge is 0.295 e. The fourth-order valence-electron chi connectivity index (χ4n) is 4.05. The molecule has 0 aliphatic carbocycles. The minimum atomic E-state index is -0.386. The predicted molar refractivity (Wildman–Crippen MR) is 107 cm³/mol. The lowest BCUT2D eigenvalue weighted by Gasteiger charge is -2.37. The van der Waals surface area contributed by atoms with Crippen LogP contribution in [0.2, 0.25) is 0 Å². The first kappa shape index (κ1) is 19.5. The molecule has 0 bridgehead atoms. The van der Waals surface area contributed by atoms with Gasteiger partial charge < -0.3 is 0 Å².